The van der Waals surface area contributed by atoms with E-state index in [4.69, 9.17) is 4.74 Å². The van der Waals surface area contributed by atoms with Gasteiger partial charge in [0.25, 0.3) is 0 Å². The van der Waals surface area contributed by atoms with Gasteiger partial charge in [0.2, 0.25) is 0 Å². The van der Waals surface area contributed by atoms with Crippen LogP contribution < -0.4 is 4.74 Å². The number of benzene rings is 1. The Morgan fingerprint density at radius 3 is 2.35 bits per heavy atom. The minimum atomic E-state index is -0.352. The molecule has 0 radical (unpaired) electrons. The molecule has 1 aromatic carbocycles. The zero-order valence-corrected chi connectivity index (χ0v) is 17.0. The Bertz CT molecular complexity index is 498. The van der Waals surface area contributed by atoms with Crippen LogP contribution in [-0.4, -0.2) is 9.71 Å². The van der Waals surface area contributed by atoms with Crippen molar-refractivity contribution in [2.24, 2.45) is 0 Å². The topological polar surface area (TPSA) is 26.3 Å². The number of unbranched alkanes of at least 4 members (excludes halogenated alkanes) is 5. The van der Waals surface area contributed by atoms with E-state index < -0.39 is 0 Å². The van der Waals surface area contributed by atoms with E-state index in [0.29, 0.717) is 15.1 Å². The van der Waals surface area contributed by atoms with E-state index in [1.807, 2.05) is 24.3 Å². The zero-order chi connectivity index (χ0) is 17.1. The van der Waals surface area contributed by atoms with Crippen LogP contribution in [0.1, 0.15) is 57.4 Å². The van der Waals surface area contributed by atoms with Gasteiger partial charge in [0.05, 0.1) is 3.74 Å². The van der Waals surface area contributed by atoms with Crippen molar-refractivity contribution in [3.05, 3.63) is 42.0 Å². The molecule has 23 heavy (non-hydrogen) atoms. The lowest BCUT2D eigenvalue weighted by molar-refractivity contribution is -0.130. The molecule has 0 unspecified atom stereocenters. The van der Waals surface area contributed by atoms with E-state index in [1.54, 1.807) is 6.92 Å². The van der Waals surface area contributed by atoms with Gasteiger partial charge in [-0.05, 0) is 37.8 Å². The number of alkyl halides is 2. The lowest BCUT2D eigenvalue weighted by Gasteiger charge is -2.10. The maximum absolute atomic E-state index is 11.7. The Morgan fingerprint density at radius 2 is 1.70 bits per heavy atom. The van der Waals surface area contributed by atoms with Crippen LogP contribution in [0, 0.1) is 0 Å². The zero-order valence-electron chi connectivity index (χ0n) is 13.8. The Balaban J connectivity index is 2.27. The molecule has 0 atom stereocenters. The van der Waals surface area contributed by atoms with E-state index in [1.165, 1.54) is 38.5 Å². The summed E-state index contributed by atoms with van der Waals surface area (Å²) in [5.41, 5.74) is 1.53. The highest BCUT2D eigenvalue weighted by atomic mass is 79.9. The summed E-state index contributed by atoms with van der Waals surface area (Å²) in [4.78, 5) is 11.7. The quantitative estimate of drug-likeness (QED) is 0.127. The van der Waals surface area contributed by atoms with Gasteiger partial charge >= 0.3 is 5.97 Å². The number of rotatable bonds is 11. The summed E-state index contributed by atoms with van der Waals surface area (Å²) in [6, 6.07) is 7.77. The fraction of sp³-hybridized carbons (Fsp3) is 0.526. The molecule has 0 aliphatic rings. The van der Waals surface area contributed by atoms with E-state index >= 15 is 0 Å². The summed E-state index contributed by atoms with van der Waals surface area (Å²) >= 11 is 7.00. The molecule has 2 nitrogen and oxygen atoms in total. The molecule has 0 amide bonds. The van der Waals surface area contributed by atoms with Gasteiger partial charge in [-0.15, -0.1) is 0 Å². The van der Waals surface area contributed by atoms with Crippen LogP contribution in [0.5, 0.6) is 5.75 Å². The molecule has 0 saturated heterocycles. The number of ether oxygens (including phenoxy) is 1. The molecule has 128 valence electrons. The monoisotopic (exact) mass is 444 g/mol. The summed E-state index contributed by atoms with van der Waals surface area (Å²) < 4.78 is 5.84. The number of aryl methyl sites for hydroxylation is 1. The van der Waals surface area contributed by atoms with Gasteiger partial charge in [-0.25, -0.2) is 4.79 Å². The van der Waals surface area contributed by atoms with Crippen LogP contribution in [0.25, 0.3) is 0 Å². The van der Waals surface area contributed by atoms with Gasteiger partial charge < -0.3 is 4.74 Å². The van der Waals surface area contributed by atoms with Crippen molar-refractivity contribution in [2.45, 2.75) is 62.0 Å². The minimum absolute atomic E-state index is 0.352. The smallest absolute Gasteiger partial charge is 0.338 e. The van der Waals surface area contributed by atoms with Crippen LogP contribution in [0.4, 0.5) is 0 Å². The predicted molar refractivity (Wildman–Crippen MR) is 105 cm³/mol. The van der Waals surface area contributed by atoms with Gasteiger partial charge in [0, 0.05) is 5.57 Å². The molecule has 0 spiro atoms. The first-order valence-corrected chi connectivity index (χ1v) is 10.1. The fourth-order valence-corrected chi connectivity index (χ4v) is 2.97. The molecule has 0 fully saturated rings. The van der Waals surface area contributed by atoms with Gasteiger partial charge in [0.1, 0.15) is 5.75 Å². The lowest BCUT2D eigenvalue weighted by Crippen LogP contribution is -2.09. The number of esters is 1. The average Bonchev–Trinajstić information content (AvgIpc) is 2.51. The molecule has 0 aliphatic carbocycles. The standard InChI is InChI=1S/C19H26Br2O2/c1-15(2)19(22)23-17-13-10-9-12-16(17)11-7-5-3-4-6-8-14-18(20)21/h9-10,12-13,18H,1,3-8,11,14H2,2H3. The first kappa shape index (κ1) is 20.4. The molecule has 1 rings (SSSR count). The van der Waals surface area contributed by atoms with Crippen molar-refractivity contribution >= 4 is 37.8 Å². The molecular formula is C19H26Br2O2. The number of carbonyl (C=O) groups is 1. The highest BCUT2D eigenvalue weighted by molar-refractivity contribution is 9.24. The predicted octanol–water partition coefficient (Wildman–Crippen LogP) is 6.56. The van der Waals surface area contributed by atoms with Crippen LogP contribution >= 0.6 is 31.9 Å². The highest BCUT2D eigenvalue weighted by Crippen LogP contribution is 2.22. The van der Waals surface area contributed by atoms with Crippen LogP contribution in [0.3, 0.4) is 0 Å². The number of para-hydroxylation sites is 1. The molecule has 0 N–H and O–H groups in total. The Labute approximate surface area is 156 Å². The molecule has 0 aromatic heterocycles. The number of carbonyl (C=O) groups excluding carboxylic acids is 1. The normalized spacial score (nSPS) is 10.8. The van der Waals surface area contributed by atoms with E-state index in [9.17, 15) is 4.79 Å². The summed E-state index contributed by atoms with van der Waals surface area (Å²) in [6.45, 7) is 5.29. The second-order valence-electron chi connectivity index (χ2n) is 5.83. The SMILES string of the molecule is C=C(C)C(=O)Oc1ccccc1CCCCCCCCC(Br)Br. The molecule has 0 heterocycles. The summed E-state index contributed by atoms with van der Waals surface area (Å²) in [5, 5.41) is 0. The number of hydrogen-bond acceptors (Lipinski definition) is 2. The maximum atomic E-state index is 11.7. The molecular weight excluding hydrogens is 420 g/mol. The van der Waals surface area contributed by atoms with E-state index in [0.717, 1.165) is 18.4 Å². The number of hydrogen-bond donors (Lipinski definition) is 0. The Kier molecular flexibility index (Phi) is 10.5. The Morgan fingerprint density at radius 1 is 1.09 bits per heavy atom. The molecule has 4 heteroatoms. The molecule has 0 bridgehead atoms. The van der Waals surface area contributed by atoms with Crippen molar-refractivity contribution in [1.29, 1.82) is 0 Å². The van der Waals surface area contributed by atoms with E-state index in [-0.39, 0.29) is 5.97 Å². The van der Waals surface area contributed by atoms with Gasteiger partial charge in [-0.3, -0.25) is 0 Å². The van der Waals surface area contributed by atoms with Crippen molar-refractivity contribution in [1.82, 2.24) is 0 Å². The van der Waals surface area contributed by atoms with E-state index in [2.05, 4.69) is 38.4 Å². The Hall–Kier alpha value is -0.610. The lowest BCUT2D eigenvalue weighted by atomic mass is 10.0. The summed E-state index contributed by atoms with van der Waals surface area (Å²) in [7, 11) is 0. The van der Waals surface area contributed by atoms with Crippen molar-refractivity contribution in [3.63, 3.8) is 0 Å². The summed E-state index contributed by atoms with van der Waals surface area (Å²) in [6.07, 6.45) is 9.59. The van der Waals surface area contributed by atoms with Crippen LogP contribution in [0.2, 0.25) is 0 Å². The van der Waals surface area contributed by atoms with Gasteiger partial charge in [-0.2, -0.15) is 0 Å². The van der Waals surface area contributed by atoms with Gasteiger partial charge in [0.15, 0.2) is 0 Å². The van der Waals surface area contributed by atoms with Crippen LogP contribution in [-0.2, 0) is 11.2 Å². The van der Waals surface area contributed by atoms with Crippen LogP contribution in [0.15, 0.2) is 36.4 Å². The minimum Gasteiger partial charge on any atom is -0.423 e. The molecule has 0 saturated carbocycles. The molecule has 0 aliphatic heterocycles. The van der Waals surface area contributed by atoms with Crippen molar-refractivity contribution in [3.8, 4) is 5.75 Å². The average molecular weight is 446 g/mol. The second kappa shape index (κ2) is 11.9. The van der Waals surface area contributed by atoms with Crippen molar-refractivity contribution < 1.29 is 9.53 Å². The fourth-order valence-electron chi connectivity index (χ4n) is 2.32. The first-order valence-electron chi connectivity index (χ1n) is 8.24. The third kappa shape index (κ3) is 9.31. The summed E-state index contributed by atoms with van der Waals surface area (Å²) in [5.74, 6) is 0.315. The highest BCUT2D eigenvalue weighted by Gasteiger charge is 2.09. The third-order valence-corrected chi connectivity index (χ3v) is 4.56. The first-order chi connectivity index (χ1) is 11.0. The third-order valence-electron chi connectivity index (χ3n) is 3.64. The largest absolute Gasteiger partial charge is 0.423 e. The second-order valence-corrected chi connectivity index (χ2v) is 9.27. The molecule has 1 aromatic rings. The van der Waals surface area contributed by atoms with Crippen molar-refractivity contribution in [2.75, 3.05) is 0 Å². The van der Waals surface area contributed by atoms with Gasteiger partial charge in [-0.1, -0.05) is 88.7 Å². The number of halogens is 2. The maximum Gasteiger partial charge on any atom is 0.338 e.